The van der Waals surface area contributed by atoms with Gasteiger partial charge < -0.3 is 0 Å². The summed E-state index contributed by atoms with van der Waals surface area (Å²) in [6.07, 6.45) is 19.4. The molecule has 0 heteroatoms. The molecule has 4 aliphatic rings. The third-order valence-electron chi connectivity index (χ3n) is 5.46. The quantitative estimate of drug-likeness (QED) is 0.554. The molecule has 0 amide bonds. The number of hydrogen-bond acceptors (Lipinski definition) is 0. The van der Waals surface area contributed by atoms with Crippen molar-refractivity contribution in [2.45, 2.75) is 78.1 Å². The monoisotopic (exact) mass is 244 g/mol. The van der Waals surface area contributed by atoms with Gasteiger partial charge in [0.05, 0.1) is 0 Å². The Balaban J connectivity index is 1.82. The van der Waals surface area contributed by atoms with Gasteiger partial charge in [-0.05, 0) is 49.4 Å². The van der Waals surface area contributed by atoms with Crippen LogP contribution in [0.2, 0.25) is 0 Å². The maximum Gasteiger partial charge on any atom is -0.00697 e. The lowest BCUT2D eigenvalue weighted by Crippen LogP contribution is -2.42. The van der Waals surface area contributed by atoms with Crippen molar-refractivity contribution in [1.82, 2.24) is 0 Å². The van der Waals surface area contributed by atoms with E-state index in [4.69, 9.17) is 0 Å². The molecule has 1 fully saturated rings. The molecule has 1 saturated carbocycles. The Morgan fingerprint density at radius 3 is 2.50 bits per heavy atom. The Morgan fingerprint density at radius 2 is 1.78 bits per heavy atom. The molecule has 0 N–H and O–H groups in total. The highest BCUT2D eigenvalue weighted by Crippen LogP contribution is 2.63. The lowest BCUT2D eigenvalue weighted by molar-refractivity contribution is 0.0815. The van der Waals surface area contributed by atoms with Crippen molar-refractivity contribution in [3.63, 3.8) is 0 Å². The van der Waals surface area contributed by atoms with Crippen molar-refractivity contribution in [2.75, 3.05) is 0 Å². The molecule has 0 spiro atoms. The fourth-order valence-electron chi connectivity index (χ4n) is 5.02. The zero-order valence-corrected chi connectivity index (χ0v) is 12.2. The van der Waals surface area contributed by atoms with Crippen molar-refractivity contribution in [1.29, 1.82) is 0 Å². The number of hydrogen-bond donors (Lipinski definition) is 0. The molecule has 0 aromatic carbocycles. The average molecular weight is 244 g/mol. The highest BCUT2D eigenvalue weighted by molar-refractivity contribution is 5.41. The Labute approximate surface area is 113 Å². The first-order valence-electron chi connectivity index (χ1n) is 8.10. The van der Waals surface area contributed by atoms with Gasteiger partial charge >= 0.3 is 0 Å². The van der Waals surface area contributed by atoms with Gasteiger partial charge in [0.25, 0.3) is 0 Å². The SMILES string of the molecule is CCCCC12C=C3C=C(C1)CC(CCCC)(C3)C2. The standard InChI is InChI=1S/C18H28/c1-3-5-7-17-10-15-9-16(11-17)13-18(12-15,14-17)8-6-4-2/h9-10H,3-8,11-14H2,1-2H3. The number of allylic oxidation sites excluding steroid dienone is 4. The van der Waals surface area contributed by atoms with Crippen molar-refractivity contribution < 1.29 is 0 Å². The zero-order valence-electron chi connectivity index (χ0n) is 12.2. The minimum atomic E-state index is 0.583. The molecule has 0 heterocycles. The van der Waals surface area contributed by atoms with Crippen LogP contribution < -0.4 is 0 Å². The third kappa shape index (κ3) is 2.08. The van der Waals surface area contributed by atoms with Crippen LogP contribution in [0, 0.1) is 10.8 Å². The second-order valence-electron chi connectivity index (χ2n) is 7.30. The summed E-state index contributed by atoms with van der Waals surface area (Å²) in [5.74, 6) is 0. The molecule has 4 rings (SSSR count). The van der Waals surface area contributed by atoms with E-state index in [1.54, 1.807) is 11.1 Å². The fraction of sp³-hybridized carbons (Fsp3) is 0.778. The Morgan fingerprint density at radius 1 is 1.00 bits per heavy atom. The molecule has 18 heavy (non-hydrogen) atoms. The summed E-state index contributed by atoms with van der Waals surface area (Å²) in [6, 6.07) is 0. The summed E-state index contributed by atoms with van der Waals surface area (Å²) in [4.78, 5) is 0. The molecule has 0 radical (unpaired) electrons. The third-order valence-corrected chi connectivity index (χ3v) is 5.46. The van der Waals surface area contributed by atoms with Crippen LogP contribution in [0.5, 0.6) is 0 Å². The summed E-state index contributed by atoms with van der Waals surface area (Å²) < 4.78 is 0. The summed E-state index contributed by atoms with van der Waals surface area (Å²) in [6.45, 7) is 4.67. The normalized spacial score (nSPS) is 36.8. The van der Waals surface area contributed by atoms with E-state index >= 15 is 0 Å². The van der Waals surface area contributed by atoms with E-state index in [-0.39, 0.29) is 0 Å². The predicted molar refractivity (Wildman–Crippen MR) is 78.6 cm³/mol. The molecule has 2 unspecified atom stereocenters. The van der Waals surface area contributed by atoms with E-state index < -0.39 is 0 Å². The molecule has 2 atom stereocenters. The van der Waals surface area contributed by atoms with Gasteiger partial charge in [0, 0.05) is 0 Å². The van der Waals surface area contributed by atoms with Gasteiger partial charge in [0.2, 0.25) is 0 Å². The summed E-state index contributed by atoms with van der Waals surface area (Å²) >= 11 is 0. The number of unbranched alkanes of at least 4 members (excludes halogenated alkanes) is 2. The highest BCUT2D eigenvalue weighted by Gasteiger charge is 2.50. The molecule has 0 saturated heterocycles. The van der Waals surface area contributed by atoms with Crippen molar-refractivity contribution in [2.24, 2.45) is 10.8 Å². The average Bonchev–Trinajstić information content (AvgIpc) is 2.32. The van der Waals surface area contributed by atoms with Gasteiger partial charge in [-0.15, -0.1) is 0 Å². The van der Waals surface area contributed by atoms with Gasteiger partial charge in [0.1, 0.15) is 0 Å². The fourth-order valence-corrected chi connectivity index (χ4v) is 5.02. The van der Waals surface area contributed by atoms with Gasteiger partial charge in [-0.2, -0.15) is 0 Å². The zero-order chi connectivity index (χ0) is 12.6. The van der Waals surface area contributed by atoms with E-state index in [2.05, 4.69) is 26.0 Å². The first kappa shape index (κ1) is 12.5. The maximum absolute atomic E-state index is 2.68. The van der Waals surface area contributed by atoms with Gasteiger partial charge in [-0.1, -0.05) is 62.8 Å². The summed E-state index contributed by atoms with van der Waals surface area (Å²) in [5, 5.41) is 0. The predicted octanol–water partition coefficient (Wildman–Crippen LogP) is 5.79. The van der Waals surface area contributed by atoms with E-state index in [1.807, 2.05) is 0 Å². The van der Waals surface area contributed by atoms with Crippen molar-refractivity contribution in [3.8, 4) is 0 Å². The highest BCUT2D eigenvalue weighted by atomic mass is 14.5. The van der Waals surface area contributed by atoms with Gasteiger partial charge in [0.15, 0.2) is 0 Å². The van der Waals surface area contributed by atoms with Crippen LogP contribution in [0.4, 0.5) is 0 Å². The molecule has 0 aromatic rings. The number of rotatable bonds is 6. The van der Waals surface area contributed by atoms with Crippen LogP contribution >= 0.6 is 0 Å². The van der Waals surface area contributed by atoms with Crippen LogP contribution in [0.3, 0.4) is 0 Å². The van der Waals surface area contributed by atoms with Crippen molar-refractivity contribution in [3.05, 3.63) is 23.3 Å². The van der Waals surface area contributed by atoms with Gasteiger partial charge in [-0.3, -0.25) is 0 Å². The maximum atomic E-state index is 2.68. The summed E-state index contributed by atoms with van der Waals surface area (Å²) in [7, 11) is 0. The lowest BCUT2D eigenvalue weighted by atomic mass is 9.49. The second-order valence-corrected chi connectivity index (χ2v) is 7.30. The minimum Gasteiger partial charge on any atom is -0.0747 e. The minimum absolute atomic E-state index is 0.583. The lowest BCUT2D eigenvalue weighted by Gasteiger charge is -2.55. The van der Waals surface area contributed by atoms with Crippen LogP contribution in [0.25, 0.3) is 0 Å². The molecular formula is C18H28. The van der Waals surface area contributed by atoms with Crippen LogP contribution in [0.15, 0.2) is 23.3 Å². The van der Waals surface area contributed by atoms with Gasteiger partial charge in [-0.25, -0.2) is 0 Å². The van der Waals surface area contributed by atoms with Crippen LogP contribution in [-0.4, -0.2) is 0 Å². The van der Waals surface area contributed by atoms with E-state index in [9.17, 15) is 0 Å². The largest absolute Gasteiger partial charge is 0.0747 e. The van der Waals surface area contributed by atoms with Crippen LogP contribution in [0.1, 0.15) is 78.1 Å². The molecule has 100 valence electrons. The van der Waals surface area contributed by atoms with E-state index in [0.29, 0.717) is 10.8 Å². The summed E-state index contributed by atoms with van der Waals surface area (Å²) in [5.41, 5.74) is 4.74. The molecule has 0 aliphatic heterocycles. The Kier molecular flexibility index (Phi) is 3.16. The second kappa shape index (κ2) is 4.54. The smallest absolute Gasteiger partial charge is 0.00697 e. The van der Waals surface area contributed by atoms with Crippen molar-refractivity contribution >= 4 is 0 Å². The van der Waals surface area contributed by atoms with Crippen LogP contribution in [-0.2, 0) is 0 Å². The Bertz CT molecular complexity index is 387. The molecule has 0 nitrogen and oxygen atoms in total. The topological polar surface area (TPSA) is 0 Å². The molecular weight excluding hydrogens is 216 g/mol. The van der Waals surface area contributed by atoms with E-state index in [0.717, 1.165) is 0 Å². The van der Waals surface area contributed by atoms with E-state index in [1.165, 1.54) is 64.2 Å². The molecule has 0 aromatic heterocycles. The Hall–Kier alpha value is -0.520. The first-order chi connectivity index (χ1) is 8.69. The first-order valence-corrected chi connectivity index (χ1v) is 8.10. The molecule has 4 aliphatic carbocycles. The molecule has 4 bridgehead atoms.